The average molecular weight is 344 g/mol. The van der Waals surface area contributed by atoms with Gasteiger partial charge < -0.3 is 10.1 Å². The van der Waals surface area contributed by atoms with Crippen molar-refractivity contribution >= 4 is 39.2 Å². The van der Waals surface area contributed by atoms with Gasteiger partial charge >= 0.3 is 0 Å². The van der Waals surface area contributed by atoms with Crippen molar-refractivity contribution in [3.63, 3.8) is 0 Å². The number of ether oxygens (including phenoxy) is 1. The van der Waals surface area contributed by atoms with Crippen molar-refractivity contribution in [1.82, 2.24) is 10.3 Å². The van der Waals surface area contributed by atoms with Crippen molar-refractivity contribution in [2.75, 3.05) is 19.4 Å². The van der Waals surface area contributed by atoms with Crippen molar-refractivity contribution in [2.24, 2.45) is 0 Å². The molecule has 0 bridgehead atoms. The molecule has 0 aliphatic rings. The van der Waals surface area contributed by atoms with Crippen LogP contribution in [-0.4, -0.2) is 30.3 Å². The van der Waals surface area contributed by atoms with Crippen LogP contribution < -0.4 is 10.1 Å². The minimum atomic E-state index is -0.0717. The first-order chi connectivity index (χ1) is 11.3. The van der Waals surface area contributed by atoms with Crippen LogP contribution in [0.15, 0.2) is 52.9 Å². The molecule has 1 amide bonds. The van der Waals surface area contributed by atoms with Crippen LogP contribution in [0.2, 0.25) is 0 Å². The number of amides is 1. The number of aromatic nitrogens is 1. The lowest BCUT2D eigenvalue weighted by Gasteiger charge is -2.05. The van der Waals surface area contributed by atoms with E-state index in [2.05, 4.69) is 16.4 Å². The number of rotatable bonds is 6. The van der Waals surface area contributed by atoms with Gasteiger partial charge in [0.25, 0.3) is 5.91 Å². The number of nitrogens with zero attached hydrogens (tertiary/aromatic N) is 1. The molecule has 0 radical (unpaired) electrons. The normalized spacial score (nSPS) is 10.7. The van der Waals surface area contributed by atoms with E-state index in [4.69, 9.17) is 4.74 Å². The number of fused-ring (bicyclic) bond motifs is 1. The molecule has 0 spiro atoms. The third kappa shape index (κ3) is 4.03. The van der Waals surface area contributed by atoms with E-state index in [1.54, 1.807) is 54.5 Å². The Bertz CT molecular complexity index is 767. The predicted octanol–water partition coefficient (Wildman–Crippen LogP) is 3.83. The molecule has 1 N–H and O–H groups in total. The number of nitrogens with one attached hydrogen (secondary N) is 1. The average Bonchev–Trinajstić information content (AvgIpc) is 3.01. The predicted molar refractivity (Wildman–Crippen MR) is 95.7 cm³/mol. The molecule has 6 heteroatoms. The fraction of sp³-hybridized carbons (Fsp3) is 0.176. The third-order valence-corrected chi connectivity index (χ3v) is 5.42. The molecular formula is C17H16N2O2S2. The van der Waals surface area contributed by atoms with Gasteiger partial charge in [0.2, 0.25) is 0 Å². The van der Waals surface area contributed by atoms with Crippen LogP contribution in [0.3, 0.4) is 0 Å². The SMILES string of the molecule is COc1ccc(C(=O)NCCSc2nc3ccccc3s2)cc1. The highest BCUT2D eigenvalue weighted by molar-refractivity contribution is 8.01. The number of benzene rings is 2. The van der Waals surface area contributed by atoms with Gasteiger partial charge in [-0.1, -0.05) is 23.9 Å². The fourth-order valence-electron chi connectivity index (χ4n) is 2.06. The van der Waals surface area contributed by atoms with Crippen molar-refractivity contribution < 1.29 is 9.53 Å². The molecule has 1 aromatic heterocycles. The lowest BCUT2D eigenvalue weighted by atomic mass is 10.2. The fourth-order valence-corrected chi connectivity index (χ4v) is 4.05. The molecule has 23 heavy (non-hydrogen) atoms. The van der Waals surface area contributed by atoms with Gasteiger partial charge in [0.05, 0.1) is 17.3 Å². The van der Waals surface area contributed by atoms with Crippen LogP contribution in [0.1, 0.15) is 10.4 Å². The van der Waals surface area contributed by atoms with E-state index in [1.807, 2.05) is 18.2 Å². The van der Waals surface area contributed by atoms with Crippen molar-refractivity contribution in [2.45, 2.75) is 4.34 Å². The Labute approximate surface area is 142 Å². The zero-order chi connectivity index (χ0) is 16.1. The van der Waals surface area contributed by atoms with Crippen molar-refractivity contribution in [1.29, 1.82) is 0 Å². The first kappa shape index (κ1) is 15.8. The molecule has 0 aliphatic heterocycles. The number of methoxy groups -OCH3 is 1. The Morgan fingerprint density at radius 3 is 2.74 bits per heavy atom. The van der Waals surface area contributed by atoms with Gasteiger partial charge in [0.15, 0.2) is 4.34 Å². The first-order valence-electron chi connectivity index (χ1n) is 7.17. The summed E-state index contributed by atoms with van der Waals surface area (Å²) in [5.41, 5.74) is 1.66. The molecule has 0 saturated heterocycles. The number of para-hydroxylation sites is 1. The summed E-state index contributed by atoms with van der Waals surface area (Å²) in [6.07, 6.45) is 0. The van der Waals surface area contributed by atoms with E-state index >= 15 is 0 Å². The standard InChI is InChI=1S/C17H16N2O2S2/c1-21-13-8-6-12(7-9-13)16(20)18-10-11-22-17-19-14-4-2-3-5-15(14)23-17/h2-9H,10-11H2,1H3,(H,18,20). The summed E-state index contributed by atoms with van der Waals surface area (Å²) in [6, 6.07) is 15.2. The highest BCUT2D eigenvalue weighted by Crippen LogP contribution is 2.28. The van der Waals surface area contributed by atoms with Gasteiger partial charge in [-0.3, -0.25) is 4.79 Å². The molecule has 0 unspecified atom stereocenters. The van der Waals surface area contributed by atoms with E-state index < -0.39 is 0 Å². The van der Waals surface area contributed by atoms with E-state index in [1.165, 1.54) is 4.70 Å². The topological polar surface area (TPSA) is 51.2 Å². The Hall–Kier alpha value is -2.05. The number of carbonyl (C=O) groups excluding carboxylic acids is 1. The second kappa shape index (κ2) is 7.48. The minimum absolute atomic E-state index is 0.0717. The molecule has 3 aromatic rings. The maximum atomic E-state index is 12.0. The maximum Gasteiger partial charge on any atom is 0.251 e. The Morgan fingerprint density at radius 1 is 1.22 bits per heavy atom. The van der Waals surface area contributed by atoms with Crippen LogP contribution >= 0.6 is 23.1 Å². The number of carbonyl (C=O) groups is 1. The van der Waals surface area contributed by atoms with Crippen molar-refractivity contribution in [3.05, 3.63) is 54.1 Å². The van der Waals surface area contributed by atoms with E-state index in [9.17, 15) is 4.79 Å². The lowest BCUT2D eigenvalue weighted by Crippen LogP contribution is -2.25. The summed E-state index contributed by atoms with van der Waals surface area (Å²) in [5.74, 6) is 1.47. The summed E-state index contributed by atoms with van der Waals surface area (Å²) in [7, 11) is 1.61. The van der Waals surface area contributed by atoms with Gasteiger partial charge in [-0.2, -0.15) is 0 Å². The first-order valence-corrected chi connectivity index (χ1v) is 8.97. The van der Waals surface area contributed by atoms with Gasteiger partial charge in [0, 0.05) is 17.9 Å². The molecule has 0 atom stereocenters. The molecule has 0 fully saturated rings. The second-order valence-electron chi connectivity index (χ2n) is 4.78. The third-order valence-electron chi connectivity index (χ3n) is 3.24. The van der Waals surface area contributed by atoms with Crippen LogP contribution in [0.25, 0.3) is 10.2 Å². The van der Waals surface area contributed by atoms with Gasteiger partial charge in [-0.05, 0) is 36.4 Å². The quantitative estimate of drug-likeness (QED) is 0.545. The van der Waals surface area contributed by atoms with Gasteiger partial charge in [0.1, 0.15) is 5.75 Å². The van der Waals surface area contributed by atoms with Crippen molar-refractivity contribution in [3.8, 4) is 5.75 Å². The number of thiazole rings is 1. The smallest absolute Gasteiger partial charge is 0.251 e. The molecule has 0 saturated carbocycles. The monoisotopic (exact) mass is 344 g/mol. The zero-order valence-electron chi connectivity index (χ0n) is 12.6. The molecule has 3 rings (SSSR count). The molecule has 2 aromatic carbocycles. The van der Waals surface area contributed by atoms with Crippen LogP contribution in [0.5, 0.6) is 5.75 Å². The summed E-state index contributed by atoms with van der Waals surface area (Å²) in [5, 5.41) is 2.92. The maximum absolute atomic E-state index is 12.0. The number of thioether (sulfide) groups is 1. The molecule has 1 heterocycles. The highest BCUT2D eigenvalue weighted by Gasteiger charge is 2.06. The molecular weight excluding hydrogens is 328 g/mol. The summed E-state index contributed by atoms with van der Waals surface area (Å²) in [6.45, 7) is 0.603. The largest absolute Gasteiger partial charge is 0.497 e. The Kier molecular flexibility index (Phi) is 5.15. The molecule has 0 aliphatic carbocycles. The van der Waals surface area contributed by atoms with Crippen LogP contribution in [0.4, 0.5) is 0 Å². The second-order valence-corrected chi connectivity index (χ2v) is 7.15. The Balaban J connectivity index is 1.47. The zero-order valence-corrected chi connectivity index (χ0v) is 14.2. The summed E-state index contributed by atoms with van der Waals surface area (Å²) in [4.78, 5) is 16.6. The van der Waals surface area contributed by atoms with Gasteiger partial charge in [-0.25, -0.2) is 4.98 Å². The summed E-state index contributed by atoms with van der Waals surface area (Å²) < 4.78 is 7.30. The minimum Gasteiger partial charge on any atom is -0.497 e. The van der Waals surface area contributed by atoms with Gasteiger partial charge in [-0.15, -0.1) is 11.3 Å². The van der Waals surface area contributed by atoms with Crippen LogP contribution in [-0.2, 0) is 0 Å². The van der Waals surface area contributed by atoms with E-state index in [-0.39, 0.29) is 5.91 Å². The lowest BCUT2D eigenvalue weighted by molar-refractivity contribution is 0.0956. The molecule has 4 nitrogen and oxygen atoms in total. The Morgan fingerprint density at radius 2 is 2.00 bits per heavy atom. The number of hydrogen-bond donors (Lipinski definition) is 1. The van der Waals surface area contributed by atoms with E-state index in [0.29, 0.717) is 12.1 Å². The van der Waals surface area contributed by atoms with E-state index in [0.717, 1.165) is 21.4 Å². The molecule has 118 valence electrons. The highest BCUT2D eigenvalue weighted by atomic mass is 32.2. The summed E-state index contributed by atoms with van der Waals surface area (Å²) >= 11 is 3.34. The van der Waals surface area contributed by atoms with Crippen LogP contribution in [0, 0.1) is 0 Å². The number of hydrogen-bond acceptors (Lipinski definition) is 5.